The Balaban J connectivity index is 1.92. The first-order valence-corrected chi connectivity index (χ1v) is 7.20. The summed E-state index contributed by atoms with van der Waals surface area (Å²) in [5.41, 5.74) is -0.634. The summed E-state index contributed by atoms with van der Waals surface area (Å²) in [5, 5.41) is 4.11. The molecule has 0 bridgehead atoms. The van der Waals surface area contributed by atoms with Gasteiger partial charge in [0.1, 0.15) is 11.4 Å². The second-order valence-electron chi connectivity index (χ2n) is 4.46. The normalized spacial score (nSPS) is 11.1. The molecule has 1 heterocycles. The lowest BCUT2D eigenvalue weighted by Gasteiger charge is -2.09. The number of benzene rings is 1. The van der Waals surface area contributed by atoms with Gasteiger partial charge in [-0.2, -0.15) is 13.2 Å². The summed E-state index contributed by atoms with van der Waals surface area (Å²) >= 11 is 1.07. The Morgan fingerprint density at radius 3 is 2.70 bits per heavy atom. The van der Waals surface area contributed by atoms with Gasteiger partial charge >= 0.3 is 6.18 Å². The van der Waals surface area contributed by atoms with E-state index in [0.29, 0.717) is 0 Å². The molecule has 0 spiro atoms. The zero-order valence-electron chi connectivity index (χ0n) is 11.8. The molecule has 0 fully saturated rings. The fourth-order valence-corrected chi connectivity index (χ4v) is 2.33. The van der Waals surface area contributed by atoms with E-state index in [2.05, 4.69) is 10.3 Å². The highest BCUT2D eigenvalue weighted by Crippen LogP contribution is 2.31. The SMILES string of the molecule is CC(=O)c1csc(NC(=O)COc2cccc(C(F)(F)F)c2)n1. The van der Waals surface area contributed by atoms with Crippen molar-refractivity contribution >= 4 is 28.2 Å². The Hall–Kier alpha value is -2.42. The van der Waals surface area contributed by atoms with Crippen LogP contribution in [0.1, 0.15) is 23.0 Å². The minimum atomic E-state index is -4.48. The predicted molar refractivity (Wildman–Crippen MR) is 77.7 cm³/mol. The van der Waals surface area contributed by atoms with Gasteiger partial charge in [-0.3, -0.25) is 14.9 Å². The number of Topliss-reactive ketones (excluding diaryl/α,β-unsaturated/α-hetero) is 1. The van der Waals surface area contributed by atoms with Gasteiger partial charge in [-0.25, -0.2) is 4.98 Å². The average molecular weight is 344 g/mol. The van der Waals surface area contributed by atoms with E-state index in [-0.39, 0.29) is 22.4 Å². The van der Waals surface area contributed by atoms with Crippen LogP contribution >= 0.6 is 11.3 Å². The first kappa shape index (κ1) is 16.9. The van der Waals surface area contributed by atoms with Crippen molar-refractivity contribution in [2.75, 3.05) is 11.9 Å². The molecule has 0 saturated carbocycles. The maximum Gasteiger partial charge on any atom is 0.416 e. The lowest BCUT2D eigenvalue weighted by Crippen LogP contribution is -2.20. The summed E-state index contributed by atoms with van der Waals surface area (Å²) in [6.45, 7) is 0.869. The maximum absolute atomic E-state index is 12.6. The van der Waals surface area contributed by atoms with Crippen LogP contribution < -0.4 is 10.1 Å². The van der Waals surface area contributed by atoms with Crippen molar-refractivity contribution < 1.29 is 27.5 Å². The topological polar surface area (TPSA) is 68.3 Å². The number of halogens is 3. The van der Waals surface area contributed by atoms with Crippen LogP contribution in [0.4, 0.5) is 18.3 Å². The third-order valence-electron chi connectivity index (χ3n) is 2.64. The van der Waals surface area contributed by atoms with E-state index in [4.69, 9.17) is 4.74 Å². The number of rotatable bonds is 5. The number of ether oxygens (including phenoxy) is 1. The zero-order chi connectivity index (χ0) is 17.0. The van der Waals surface area contributed by atoms with E-state index in [1.165, 1.54) is 24.4 Å². The Morgan fingerprint density at radius 2 is 2.09 bits per heavy atom. The van der Waals surface area contributed by atoms with E-state index in [0.717, 1.165) is 23.5 Å². The van der Waals surface area contributed by atoms with Crippen molar-refractivity contribution in [1.82, 2.24) is 4.98 Å². The molecule has 2 aromatic rings. The number of amides is 1. The quantitative estimate of drug-likeness (QED) is 0.845. The van der Waals surface area contributed by atoms with E-state index in [1.54, 1.807) is 0 Å². The Kier molecular flexibility index (Phi) is 4.99. The smallest absolute Gasteiger partial charge is 0.416 e. The first-order chi connectivity index (χ1) is 10.8. The van der Waals surface area contributed by atoms with Crippen LogP contribution in [-0.4, -0.2) is 23.3 Å². The lowest BCUT2D eigenvalue weighted by atomic mass is 10.2. The van der Waals surface area contributed by atoms with Crippen molar-refractivity contribution in [3.05, 3.63) is 40.9 Å². The number of nitrogens with one attached hydrogen (secondary N) is 1. The van der Waals surface area contributed by atoms with Gasteiger partial charge in [0, 0.05) is 12.3 Å². The van der Waals surface area contributed by atoms with E-state index >= 15 is 0 Å². The van der Waals surface area contributed by atoms with Crippen LogP contribution in [0, 0.1) is 0 Å². The van der Waals surface area contributed by atoms with E-state index in [9.17, 15) is 22.8 Å². The number of carbonyl (C=O) groups is 2. The molecule has 23 heavy (non-hydrogen) atoms. The Labute approximate surface area is 133 Å². The molecule has 0 aliphatic heterocycles. The number of nitrogens with zero attached hydrogens (tertiary/aromatic N) is 1. The van der Waals surface area contributed by atoms with E-state index in [1.807, 2.05) is 0 Å². The van der Waals surface area contributed by atoms with Gasteiger partial charge in [0.15, 0.2) is 17.5 Å². The summed E-state index contributed by atoms with van der Waals surface area (Å²) in [5.74, 6) is -0.896. The molecule has 5 nitrogen and oxygen atoms in total. The van der Waals surface area contributed by atoms with Gasteiger partial charge in [0.05, 0.1) is 5.56 Å². The zero-order valence-corrected chi connectivity index (χ0v) is 12.6. The molecule has 9 heteroatoms. The van der Waals surface area contributed by atoms with Crippen molar-refractivity contribution in [2.24, 2.45) is 0 Å². The minimum absolute atomic E-state index is 0.0708. The van der Waals surface area contributed by atoms with Crippen LogP contribution in [0.25, 0.3) is 0 Å². The first-order valence-electron chi connectivity index (χ1n) is 6.32. The standard InChI is InChI=1S/C14H11F3N2O3S/c1-8(20)11-7-23-13(18-11)19-12(21)6-22-10-4-2-3-9(5-10)14(15,16)17/h2-5,7H,6H2,1H3,(H,18,19,21). The van der Waals surface area contributed by atoms with Gasteiger partial charge in [-0.1, -0.05) is 6.07 Å². The van der Waals surface area contributed by atoms with Gasteiger partial charge in [-0.15, -0.1) is 11.3 Å². The third-order valence-corrected chi connectivity index (χ3v) is 3.40. The summed E-state index contributed by atoms with van der Waals surface area (Å²) < 4.78 is 42.7. The number of thiazole rings is 1. The van der Waals surface area contributed by atoms with Crippen molar-refractivity contribution in [1.29, 1.82) is 0 Å². The maximum atomic E-state index is 12.6. The van der Waals surface area contributed by atoms with Crippen LogP contribution in [-0.2, 0) is 11.0 Å². The largest absolute Gasteiger partial charge is 0.484 e. The molecule has 0 saturated heterocycles. The number of hydrogen-bond donors (Lipinski definition) is 1. The molecule has 2 rings (SSSR count). The van der Waals surface area contributed by atoms with Crippen molar-refractivity contribution in [2.45, 2.75) is 13.1 Å². The number of carbonyl (C=O) groups excluding carboxylic acids is 2. The fraction of sp³-hybridized carbons (Fsp3) is 0.214. The van der Waals surface area contributed by atoms with E-state index < -0.39 is 24.3 Å². The second-order valence-corrected chi connectivity index (χ2v) is 5.31. The monoisotopic (exact) mass is 344 g/mol. The van der Waals surface area contributed by atoms with Gasteiger partial charge in [0.25, 0.3) is 5.91 Å². The van der Waals surface area contributed by atoms with Crippen LogP contribution in [0.5, 0.6) is 5.75 Å². The Bertz CT molecular complexity index is 728. The number of aromatic nitrogens is 1. The fourth-order valence-electron chi connectivity index (χ4n) is 1.56. The summed E-state index contributed by atoms with van der Waals surface area (Å²) in [4.78, 5) is 26.6. The van der Waals surface area contributed by atoms with Crippen LogP contribution in [0.15, 0.2) is 29.6 Å². The average Bonchev–Trinajstić information content (AvgIpc) is 2.93. The third kappa shape index (κ3) is 4.78. The van der Waals surface area contributed by atoms with Crippen LogP contribution in [0.2, 0.25) is 0 Å². The highest BCUT2D eigenvalue weighted by Gasteiger charge is 2.30. The lowest BCUT2D eigenvalue weighted by molar-refractivity contribution is -0.137. The number of ketones is 1. The highest BCUT2D eigenvalue weighted by molar-refractivity contribution is 7.14. The molecule has 1 N–H and O–H groups in total. The molecule has 1 amide bonds. The van der Waals surface area contributed by atoms with Gasteiger partial charge in [-0.05, 0) is 18.2 Å². The summed E-state index contributed by atoms with van der Waals surface area (Å²) in [7, 11) is 0. The Morgan fingerprint density at radius 1 is 1.35 bits per heavy atom. The molecule has 0 radical (unpaired) electrons. The number of hydrogen-bond acceptors (Lipinski definition) is 5. The number of anilines is 1. The van der Waals surface area contributed by atoms with Gasteiger partial charge in [0.2, 0.25) is 0 Å². The molecule has 0 atom stereocenters. The molecule has 0 aliphatic carbocycles. The predicted octanol–water partition coefficient (Wildman–Crippen LogP) is 3.38. The van der Waals surface area contributed by atoms with Gasteiger partial charge < -0.3 is 4.74 Å². The second kappa shape index (κ2) is 6.78. The molecule has 0 aliphatic rings. The molecular formula is C14H11F3N2O3S. The minimum Gasteiger partial charge on any atom is -0.484 e. The van der Waals surface area contributed by atoms with Crippen molar-refractivity contribution in [3.63, 3.8) is 0 Å². The molecule has 122 valence electrons. The molecule has 1 aromatic heterocycles. The molecule has 1 aromatic carbocycles. The summed E-state index contributed by atoms with van der Waals surface area (Å²) in [6.07, 6.45) is -4.48. The molecule has 0 unspecified atom stereocenters. The van der Waals surface area contributed by atoms with Crippen LogP contribution in [0.3, 0.4) is 0 Å². The van der Waals surface area contributed by atoms with Crippen molar-refractivity contribution in [3.8, 4) is 5.75 Å². The summed E-state index contributed by atoms with van der Waals surface area (Å²) in [6, 6.07) is 4.23. The number of alkyl halides is 3. The molecular weight excluding hydrogens is 333 g/mol. The highest BCUT2D eigenvalue weighted by atomic mass is 32.1.